The van der Waals surface area contributed by atoms with Gasteiger partial charge in [-0.3, -0.25) is 4.79 Å². The molecule has 22 heavy (non-hydrogen) atoms. The van der Waals surface area contributed by atoms with Crippen molar-refractivity contribution in [2.45, 2.75) is 61.0 Å². The number of hydrogen-bond acceptors (Lipinski definition) is 3. The Labute approximate surface area is 136 Å². The van der Waals surface area contributed by atoms with Crippen molar-refractivity contribution < 1.29 is 9.53 Å². The van der Waals surface area contributed by atoms with Gasteiger partial charge in [0.25, 0.3) is 0 Å². The second-order valence-corrected chi connectivity index (χ2v) is 6.17. The van der Waals surface area contributed by atoms with E-state index in [2.05, 4.69) is 33.0 Å². The smallest absolute Gasteiger partial charge is 0.308 e. The van der Waals surface area contributed by atoms with Crippen molar-refractivity contribution in [1.29, 1.82) is 0 Å². The highest BCUT2D eigenvalue weighted by molar-refractivity contribution is 5.71. The molecule has 0 aliphatic carbocycles. The molecular formula is C19H33NO2. The summed E-state index contributed by atoms with van der Waals surface area (Å²) in [5.41, 5.74) is 2.09. The first-order chi connectivity index (χ1) is 10.4. The zero-order valence-corrected chi connectivity index (χ0v) is 15.1. The van der Waals surface area contributed by atoms with Crippen molar-refractivity contribution in [2.24, 2.45) is 11.8 Å². The lowest BCUT2D eigenvalue weighted by Gasteiger charge is -2.08. The highest BCUT2D eigenvalue weighted by Gasteiger charge is 2.07. The maximum atomic E-state index is 11.3. The number of carbonyl (C=O) groups excluding carboxylic acids is 1. The van der Waals surface area contributed by atoms with Crippen LogP contribution >= 0.6 is 0 Å². The average Bonchev–Trinajstić information content (AvgIpc) is 2.47. The maximum absolute atomic E-state index is 11.3. The van der Waals surface area contributed by atoms with Crippen LogP contribution in [-0.4, -0.2) is 12.5 Å². The molecule has 3 heteroatoms. The second kappa shape index (κ2) is 12.1. The topological polar surface area (TPSA) is 38.3 Å². The molecule has 1 rings (SSSR count). The molecule has 0 spiro atoms. The highest BCUT2D eigenvalue weighted by Crippen LogP contribution is 2.10. The molecule has 0 amide bonds. The quantitative estimate of drug-likeness (QED) is 0.698. The molecule has 0 saturated carbocycles. The molecule has 0 radical (unpaired) electrons. The summed E-state index contributed by atoms with van der Waals surface area (Å²) in [6.45, 7) is 13.7. The van der Waals surface area contributed by atoms with Crippen LogP contribution in [0.5, 0.6) is 0 Å². The number of hydrogen-bond donors (Lipinski definition) is 1. The van der Waals surface area contributed by atoms with Gasteiger partial charge in [0, 0.05) is 12.2 Å². The first kappa shape index (κ1) is 20.5. The van der Waals surface area contributed by atoms with Crippen LogP contribution < -0.4 is 5.32 Å². The lowest BCUT2D eigenvalue weighted by Crippen LogP contribution is -2.11. The Morgan fingerprint density at radius 2 is 1.68 bits per heavy atom. The Hall–Kier alpha value is -1.51. The van der Waals surface area contributed by atoms with E-state index in [1.54, 1.807) is 0 Å². The van der Waals surface area contributed by atoms with Crippen molar-refractivity contribution in [1.82, 2.24) is 0 Å². The fourth-order valence-electron chi connectivity index (χ4n) is 1.82. The SMILES string of the molecule is CCCC(C)C.CCNc1ccc(COC(=O)C(C)C)cc1. The van der Waals surface area contributed by atoms with Crippen LogP contribution in [-0.2, 0) is 16.1 Å². The molecule has 0 aliphatic rings. The van der Waals surface area contributed by atoms with Gasteiger partial charge in [-0.1, -0.05) is 59.6 Å². The number of anilines is 1. The molecule has 0 fully saturated rings. The Balaban J connectivity index is 0.000000626. The minimum Gasteiger partial charge on any atom is -0.461 e. The lowest BCUT2D eigenvalue weighted by atomic mass is 10.1. The number of carbonyl (C=O) groups is 1. The third kappa shape index (κ3) is 10.3. The van der Waals surface area contributed by atoms with Crippen molar-refractivity contribution in [3.63, 3.8) is 0 Å². The minimum absolute atomic E-state index is 0.0685. The van der Waals surface area contributed by atoms with E-state index in [-0.39, 0.29) is 11.9 Å². The van der Waals surface area contributed by atoms with E-state index in [1.807, 2.05) is 38.1 Å². The zero-order valence-electron chi connectivity index (χ0n) is 15.1. The van der Waals surface area contributed by atoms with Gasteiger partial charge < -0.3 is 10.1 Å². The van der Waals surface area contributed by atoms with Crippen molar-refractivity contribution in [2.75, 3.05) is 11.9 Å². The molecule has 1 N–H and O–H groups in total. The van der Waals surface area contributed by atoms with Crippen LogP contribution in [0.4, 0.5) is 5.69 Å². The van der Waals surface area contributed by atoms with Gasteiger partial charge in [-0.15, -0.1) is 0 Å². The molecule has 0 atom stereocenters. The van der Waals surface area contributed by atoms with Gasteiger partial charge in [0.15, 0.2) is 0 Å². The Morgan fingerprint density at radius 3 is 2.05 bits per heavy atom. The minimum atomic E-state index is -0.157. The van der Waals surface area contributed by atoms with E-state index in [9.17, 15) is 4.79 Å². The summed E-state index contributed by atoms with van der Waals surface area (Å²) in [6, 6.07) is 7.90. The van der Waals surface area contributed by atoms with Crippen LogP contribution in [0.3, 0.4) is 0 Å². The van der Waals surface area contributed by atoms with Gasteiger partial charge in [0.2, 0.25) is 0 Å². The summed E-state index contributed by atoms with van der Waals surface area (Å²) in [5.74, 6) is 0.673. The summed E-state index contributed by atoms with van der Waals surface area (Å²) in [4.78, 5) is 11.3. The van der Waals surface area contributed by atoms with E-state index >= 15 is 0 Å². The van der Waals surface area contributed by atoms with Crippen LogP contribution in [0.15, 0.2) is 24.3 Å². The number of esters is 1. The van der Waals surface area contributed by atoms with Gasteiger partial charge in [-0.2, -0.15) is 0 Å². The van der Waals surface area contributed by atoms with Crippen LogP contribution in [0.1, 0.15) is 59.9 Å². The Morgan fingerprint density at radius 1 is 1.09 bits per heavy atom. The predicted molar refractivity (Wildman–Crippen MR) is 95.0 cm³/mol. The third-order valence-electron chi connectivity index (χ3n) is 3.05. The molecule has 0 bridgehead atoms. The fourth-order valence-corrected chi connectivity index (χ4v) is 1.82. The Bertz CT molecular complexity index is 396. The normalized spacial score (nSPS) is 10.2. The summed E-state index contributed by atoms with van der Waals surface area (Å²) in [6.07, 6.45) is 2.71. The van der Waals surface area contributed by atoms with E-state index in [4.69, 9.17) is 4.74 Å². The van der Waals surface area contributed by atoms with E-state index in [1.165, 1.54) is 12.8 Å². The van der Waals surface area contributed by atoms with Crippen LogP contribution in [0, 0.1) is 11.8 Å². The van der Waals surface area contributed by atoms with Gasteiger partial charge >= 0.3 is 5.97 Å². The molecule has 3 nitrogen and oxygen atoms in total. The highest BCUT2D eigenvalue weighted by atomic mass is 16.5. The summed E-state index contributed by atoms with van der Waals surface area (Å²) < 4.78 is 5.13. The number of ether oxygens (including phenoxy) is 1. The summed E-state index contributed by atoms with van der Waals surface area (Å²) in [5, 5.41) is 3.21. The maximum Gasteiger partial charge on any atom is 0.308 e. The van der Waals surface area contributed by atoms with Gasteiger partial charge in [-0.25, -0.2) is 0 Å². The van der Waals surface area contributed by atoms with E-state index in [0.717, 1.165) is 23.7 Å². The molecule has 0 unspecified atom stereocenters. The summed E-state index contributed by atoms with van der Waals surface area (Å²) >= 11 is 0. The van der Waals surface area contributed by atoms with Gasteiger partial charge in [0.05, 0.1) is 5.92 Å². The number of nitrogens with one attached hydrogen (secondary N) is 1. The molecule has 0 aromatic heterocycles. The van der Waals surface area contributed by atoms with Crippen molar-refractivity contribution >= 4 is 11.7 Å². The number of benzene rings is 1. The van der Waals surface area contributed by atoms with Gasteiger partial charge in [0.1, 0.15) is 6.61 Å². The van der Waals surface area contributed by atoms with Gasteiger partial charge in [-0.05, 0) is 30.5 Å². The van der Waals surface area contributed by atoms with Crippen LogP contribution in [0.25, 0.3) is 0 Å². The largest absolute Gasteiger partial charge is 0.461 e. The molecule has 126 valence electrons. The first-order valence-electron chi connectivity index (χ1n) is 8.40. The van der Waals surface area contributed by atoms with Crippen molar-refractivity contribution in [3.8, 4) is 0 Å². The molecular weight excluding hydrogens is 274 g/mol. The van der Waals surface area contributed by atoms with Crippen molar-refractivity contribution in [3.05, 3.63) is 29.8 Å². The van der Waals surface area contributed by atoms with Crippen LogP contribution in [0.2, 0.25) is 0 Å². The molecule has 1 aromatic carbocycles. The monoisotopic (exact) mass is 307 g/mol. The zero-order chi connectivity index (χ0) is 17.0. The Kier molecular flexibility index (Phi) is 11.2. The van der Waals surface area contributed by atoms with E-state index in [0.29, 0.717) is 6.61 Å². The first-order valence-corrected chi connectivity index (χ1v) is 8.40. The number of rotatable bonds is 7. The van der Waals surface area contributed by atoms with E-state index < -0.39 is 0 Å². The third-order valence-corrected chi connectivity index (χ3v) is 3.05. The summed E-state index contributed by atoms with van der Waals surface area (Å²) in [7, 11) is 0. The standard InChI is InChI=1S/C13H19NO2.C6H14/c1-4-14-12-7-5-11(6-8-12)9-16-13(15)10(2)3;1-4-5-6(2)3/h5-8,10,14H,4,9H2,1-3H3;6H,4-5H2,1-3H3. The molecule has 0 heterocycles. The molecule has 0 saturated heterocycles. The average molecular weight is 307 g/mol. The second-order valence-electron chi connectivity index (χ2n) is 6.17. The lowest BCUT2D eigenvalue weighted by molar-refractivity contribution is -0.148. The molecule has 0 aliphatic heterocycles. The fraction of sp³-hybridized carbons (Fsp3) is 0.632. The predicted octanol–water partition coefficient (Wildman–Crippen LogP) is 5.26. The molecule has 1 aromatic rings.